The Balaban J connectivity index is 1.46. The normalized spacial score (nSPS) is 33.1. The van der Waals surface area contributed by atoms with Crippen molar-refractivity contribution in [1.29, 1.82) is 0 Å². The molecule has 0 radical (unpaired) electrons. The molecule has 27 heavy (non-hydrogen) atoms. The number of rotatable bonds is 7. The second-order valence-electron chi connectivity index (χ2n) is 8.99. The molecule has 3 rings (SSSR count). The summed E-state index contributed by atoms with van der Waals surface area (Å²) in [6, 6.07) is 7.69. The van der Waals surface area contributed by atoms with Gasteiger partial charge < -0.3 is 9.47 Å². The number of hydrogen-bond acceptors (Lipinski definition) is 3. The van der Waals surface area contributed by atoms with Crippen molar-refractivity contribution in [1.82, 2.24) is 0 Å². The Hall–Kier alpha value is -1.06. The Bertz CT molecular complexity index is 627. The molecule has 6 unspecified atom stereocenters. The molecule has 4 heteroatoms. The van der Waals surface area contributed by atoms with Gasteiger partial charge in [0, 0.05) is 5.02 Å². The molecule has 2 aliphatic rings. The minimum absolute atomic E-state index is 0.000243. The maximum atomic E-state index is 12.7. The fourth-order valence-corrected chi connectivity index (χ4v) is 4.69. The summed E-state index contributed by atoms with van der Waals surface area (Å²) in [5, 5.41) is 0.731. The van der Waals surface area contributed by atoms with Crippen LogP contribution in [0, 0.1) is 35.5 Å². The van der Waals surface area contributed by atoms with Crippen LogP contribution in [0.1, 0.15) is 52.5 Å². The number of halogens is 1. The van der Waals surface area contributed by atoms with Crippen LogP contribution in [0.2, 0.25) is 5.02 Å². The SMILES string of the molecule is CC1CCC(C(C)C)C(OC(=O)C2C(C)C2COCc2ccc(Cl)cc2)C1. The number of benzene rings is 1. The Morgan fingerprint density at radius 3 is 2.56 bits per heavy atom. The van der Waals surface area contributed by atoms with Gasteiger partial charge >= 0.3 is 5.97 Å². The smallest absolute Gasteiger partial charge is 0.309 e. The third-order valence-electron chi connectivity index (χ3n) is 6.56. The van der Waals surface area contributed by atoms with Crippen LogP contribution in [0.3, 0.4) is 0 Å². The van der Waals surface area contributed by atoms with Crippen molar-refractivity contribution in [3.05, 3.63) is 34.9 Å². The number of ether oxygens (including phenoxy) is 2. The zero-order chi connectivity index (χ0) is 19.6. The van der Waals surface area contributed by atoms with Crippen molar-refractivity contribution >= 4 is 17.6 Å². The first-order valence-electron chi connectivity index (χ1n) is 10.4. The molecule has 150 valence electrons. The van der Waals surface area contributed by atoms with E-state index in [9.17, 15) is 4.79 Å². The van der Waals surface area contributed by atoms with E-state index in [0.29, 0.717) is 36.9 Å². The van der Waals surface area contributed by atoms with Gasteiger partial charge in [-0.3, -0.25) is 4.79 Å². The molecule has 0 amide bonds. The molecule has 0 bridgehead atoms. The van der Waals surface area contributed by atoms with E-state index >= 15 is 0 Å². The first kappa shape index (κ1) is 20.7. The summed E-state index contributed by atoms with van der Waals surface area (Å²) in [6.45, 7) is 10.1. The quantitative estimate of drug-likeness (QED) is 0.555. The zero-order valence-electron chi connectivity index (χ0n) is 17.0. The standard InChI is InChI=1S/C23H33ClO3/c1-14(2)19-10-5-15(3)11-21(19)27-23(25)22-16(4)20(22)13-26-12-17-6-8-18(24)9-7-17/h6-9,14-16,19-22H,5,10-13H2,1-4H3. The highest BCUT2D eigenvalue weighted by molar-refractivity contribution is 6.30. The van der Waals surface area contributed by atoms with E-state index in [2.05, 4.69) is 27.7 Å². The Kier molecular flexibility index (Phi) is 6.86. The van der Waals surface area contributed by atoms with Crippen LogP contribution in [0.4, 0.5) is 0 Å². The molecule has 1 aromatic rings. The fourth-order valence-electron chi connectivity index (χ4n) is 4.56. The summed E-state index contributed by atoms with van der Waals surface area (Å²) in [4.78, 5) is 12.7. The van der Waals surface area contributed by atoms with Crippen molar-refractivity contribution in [2.24, 2.45) is 35.5 Å². The molecule has 0 N–H and O–H groups in total. The van der Waals surface area contributed by atoms with Gasteiger partial charge in [0.25, 0.3) is 0 Å². The summed E-state index contributed by atoms with van der Waals surface area (Å²) in [5.74, 6) is 2.33. The average molecular weight is 393 g/mol. The van der Waals surface area contributed by atoms with Gasteiger partial charge in [-0.05, 0) is 60.1 Å². The van der Waals surface area contributed by atoms with Gasteiger partial charge in [0.05, 0.1) is 19.1 Å². The molecule has 6 atom stereocenters. The van der Waals surface area contributed by atoms with Gasteiger partial charge in [-0.2, -0.15) is 0 Å². The molecule has 3 nitrogen and oxygen atoms in total. The summed E-state index contributed by atoms with van der Waals surface area (Å²) >= 11 is 5.91. The van der Waals surface area contributed by atoms with E-state index in [1.807, 2.05) is 24.3 Å². The first-order valence-corrected chi connectivity index (χ1v) is 10.8. The van der Waals surface area contributed by atoms with Gasteiger partial charge in [0.2, 0.25) is 0 Å². The largest absolute Gasteiger partial charge is 0.462 e. The lowest BCUT2D eigenvalue weighted by Gasteiger charge is -2.36. The van der Waals surface area contributed by atoms with Crippen molar-refractivity contribution in [2.75, 3.05) is 6.61 Å². The second-order valence-corrected chi connectivity index (χ2v) is 9.43. The van der Waals surface area contributed by atoms with Crippen LogP contribution >= 0.6 is 11.6 Å². The third kappa shape index (κ3) is 5.26. The molecule has 0 saturated heterocycles. The maximum Gasteiger partial charge on any atom is 0.309 e. The molecule has 1 aromatic carbocycles. The molecular weight excluding hydrogens is 360 g/mol. The summed E-state index contributed by atoms with van der Waals surface area (Å²) < 4.78 is 11.9. The summed E-state index contributed by atoms with van der Waals surface area (Å²) in [5.41, 5.74) is 1.10. The fraction of sp³-hybridized carbons (Fsp3) is 0.696. The predicted molar refractivity (Wildman–Crippen MR) is 108 cm³/mol. The van der Waals surface area contributed by atoms with E-state index < -0.39 is 0 Å². The highest BCUT2D eigenvalue weighted by Gasteiger charge is 2.53. The number of carbonyl (C=O) groups excluding carboxylic acids is 1. The van der Waals surface area contributed by atoms with Crippen LogP contribution in [-0.4, -0.2) is 18.7 Å². The molecule has 0 aliphatic heterocycles. The highest BCUT2D eigenvalue weighted by atomic mass is 35.5. The predicted octanol–water partition coefficient (Wildman–Crippen LogP) is 5.74. The van der Waals surface area contributed by atoms with E-state index in [-0.39, 0.29) is 23.9 Å². The van der Waals surface area contributed by atoms with Crippen molar-refractivity contribution in [2.45, 2.75) is 59.7 Å². The molecule has 2 saturated carbocycles. The van der Waals surface area contributed by atoms with Crippen LogP contribution in [-0.2, 0) is 20.9 Å². The minimum atomic E-state index is -0.00709. The highest BCUT2D eigenvalue weighted by Crippen LogP contribution is 2.48. The topological polar surface area (TPSA) is 35.5 Å². The molecular formula is C23H33ClO3. The Morgan fingerprint density at radius 2 is 1.89 bits per heavy atom. The first-order chi connectivity index (χ1) is 12.9. The van der Waals surface area contributed by atoms with Crippen LogP contribution in [0.25, 0.3) is 0 Å². The van der Waals surface area contributed by atoms with Crippen LogP contribution < -0.4 is 0 Å². The number of esters is 1. The lowest BCUT2D eigenvalue weighted by molar-refractivity contribution is -0.158. The number of hydrogen-bond donors (Lipinski definition) is 0. The van der Waals surface area contributed by atoms with E-state index in [1.54, 1.807) is 0 Å². The molecule has 0 heterocycles. The van der Waals surface area contributed by atoms with E-state index in [1.165, 1.54) is 12.8 Å². The van der Waals surface area contributed by atoms with E-state index in [0.717, 1.165) is 17.0 Å². The van der Waals surface area contributed by atoms with Crippen LogP contribution in [0.5, 0.6) is 0 Å². The van der Waals surface area contributed by atoms with E-state index in [4.69, 9.17) is 21.1 Å². The summed E-state index contributed by atoms with van der Waals surface area (Å²) in [6.07, 6.45) is 3.51. The lowest BCUT2D eigenvalue weighted by Crippen LogP contribution is -2.36. The second kappa shape index (κ2) is 8.96. The minimum Gasteiger partial charge on any atom is -0.462 e. The maximum absolute atomic E-state index is 12.7. The van der Waals surface area contributed by atoms with Crippen molar-refractivity contribution in [3.63, 3.8) is 0 Å². The monoisotopic (exact) mass is 392 g/mol. The molecule has 2 fully saturated rings. The summed E-state index contributed by atoms with van der Waals surface area (Å²) in [7, 11) is 0. The molecule has 0 aromatic heterocycles. The zero-order valence-corrected chi connectivity index (χ0v) is 17.7. The average Bonchev–Trinajstić information content (AvgIpc) is 3.26. The van der Waals surface area contributed by atoms with Crippen molar-refractivity contribution in [3.8, 4) is 0 Å². The number of carbonyl (C=O) groups is 1. The van der Waals surface area contributed by atoms with Gasteiger partial charge in [0.1, 0.15) is 6.10 Å². The van der Waals surface area contributed by atoms with Gasteiger partial charge in [0.15, 0.2) is 0 Å². The molecule has 0 spiro atoms. The lowest BCUT2D eigenvalue weighted by atomic mass is 9.75. The third-order valence-corrected chi connectivity index (χ3v) is 6.81. The van der Waals surface area contributed by atoms with Crippen LogP contribution in [0.15, 0.2) is 24.3 Å². The van der Waals surface area contributed by atoms with Gasteiger partial charge in [-0.25, -0.2) is 0 Å². The van der Waals surface area contributed by atoms with Gasteiger partial charge in [-0.1, -0.05) is 57.8 Å². The molecule has 2 aliphatic carbocycles. The Morgan fingerprint density at radius 1 is 1.19 bits per heavy atom. The Labute approximate surface area is 168 Å². The van der Waals surface area contributed by atoms with Crippen molar-refractivity contribution < 1.29 is 14.3 Å². The van der Waals surface area contributed by atoms with Gasteiger partial charge in [-0.15, -0.1) is 0 Å².